The van der Waals surface area contributed by atoms with Gasteiger partial charge in [0.05, 0.1) is 26.0 Å². The van der Waals surface area contributed by atoms with E-state index in [1.807, 2.05) is 30.3 Å². The Hall–Kier alpha value is -2.34. The maximum Gasteiger partial charge on any atom is 0.305 e. The van der Waals surface area contributed by atoms with Crippen molar-refractivity contribution in [2.75, 3.05) is 25.6 Å². The number of allylic oxidation sites excluding steroid dienone is 1. The van der Waals surface area contributed by atoms with Gasteiger partial charge in [-0.2, -0.15) is 0 Å². The van der Waals surface area contributed by atoms with Crippen molar-refractivity contribution >= 4 is 17.6 Å². The van der Waals surface area contributed by atoms with E-state index < -0.39 is 6.10 Å². The molecule has 1 aromatic rings. The van der Waals surface area contributed by atoms with Crippen molar-refractivity contribution in [3.05, 3.63) is 36.4 Å². The number of hydrogen-bond donors (Lipinski definition) is 1. The van der Waals surface area contributed by atoms with E-state index in [9.17, 15) is 9.59 Å². The number of ether oxygens (including phenoxy) is 3. The SMILES string of the molecule is COC(=O)CCCCCC1OC/C=C\CCCCOc2ccccc2NC1=O. The van der Waals surface area contributed by atoms with Crippen LogP contribution in [0.3, 0.4) is 0 Å². The Morgan fingerprint density at radius 3 is 2.89 bits per heavy atom. The second-order valence-electron chi connectivity index (χ2n) is 6.80. The van der Waals surface area contributed by atoms with Gasteiger partial charge in [0.15, 0.2) is 0 Å². The predicted octanol–water partition coefficient (Wildman–Crippen LogP) is 4.25. The van der Waals surface area contributed by atoms with Crippen molar-refractivity contribution in [1.29, 1.82) is 0 Å². The maximum absolute atomic E-state index is 12.8. The summed E-state index contributed by atoms with van der Waals surface area (Å²) in [6, 6.07) is 7.47. The highest BCUT2D eigenvalue weighted by atomic mass is 16.5. The topological polar surface area (TPSA) is 73.9 Å². The van der Waals surface area contributed by atoms with Gasteiger partial charge in [-0.05, 0) is 44.2 Å². The molecule has 154 valence electrons. The first-order valence-corrected chi connectivity index (χ1v) is 10.1. The smallest absolute Gasteiger partial charge is 0.305 e. The molecule has 0 saturated heterocycles. The number of hydrogen-bond acceptors (Lipinski definition) is 5. The number of carbonyl (C=O) groups is 2. The van der Waals surface area contributed by atoms with Gasteiger partial charge in [-0.1, -0.05) is 37.1 Å². The molecule has 0 aliphatic carbocycles. The first-order chi connectivity index (χ1) is 13.7. The number of amides is 1. The van der Waals surface area contributed by atoms with Crippen LogP contribution in [0.5, 0.6) is 5.75 Å². The standard InChI is InChI=1S/C22H31NO5/c1-26-21(24)15-7-5-6-14-20-22(25)23-18-12-8-9-13-19(18)27-16-10-3-2-4-11-17-28-20/h4,8-9,11-13,20H,2-3,5-7,10,14-17H2,1H3,(H,23,25)/b11-4-. The Balaban J connectivity index is 1.95. The van der Waals surface area contributed by atoms with Gasteiger partial charge < -0.3 is 19.5 Å². The highest BCUT2D eigenvalue weighted by Crippen LogP contribution is 2.25. The number of unbranched alkanes of at least 4 members (excludes halogenated alkanes) is 2. The van der Waals surface area contributed by atoms with Gasteiger partial charge in [-0.3, -0.25) is 9.59 Å². The molecular weight excluding hydrogens is 358 g/mol. The first kappa shape index (κ1) is 22.0. The molecule has 28 heavy (non-hydrogen) atoms. The number of benzene rings is 1. The van der Waals surface area contributed by atoms with Crippen LogP contribution in [0.4, 0.5) is 5.69 Å². The van der Waals surface area contributed by atoms with Gasteiger partial charge in [0.1, 0.15) is 11.9 Å². The average molecular weight is 389 g/mol. The summed E-state index contributed by atoms with van der Waals surface area (Å²) < 4.78 is 16.3. The second-order valence-corrected chi connectivity index (χ2v) is 6.80. The van der Waals surface area contributed by atoms with Crippen LogP contribution in [0.1, 0.15) is 51.4 Å². The normalized spacial score (nSPS) is 19.5. The molecule has 1 aliphatic heterocycles. The zero-order valence-corrected chi connectivity index (χ0v) is 16.7. The van der Waals surface area contributed by atoms with Crippen LogP contribution in [0, 0.1) is 0 Å². The molecule has 0 fully saturated rings. The molecule has 0 bridgehead atoms. The molecule has 6 nitrogen and oxygen atoms in total. The summed E-state index contributed by atoms with van der Waals surface area (Å²) in [5.74, 6) is 0.309. The van der Waals surface area contributed by atoms with Crippen LogP contribution in [-0.2, 0) is 19.1 Å². The highest BCUT2D eigenvalue weighted by Gasteiger charge is 2.20. The van der Waals surface area contributed by atoms with E-state index in [0.29, 0.717) is 37.5 Å². The quantitative estimate of drug-likeness (QED) is 0.447. The largest absolute Gasteiger partial charge is 0.491 e. The number of anilines is 1. The van der Waals surface area contributed by atoms with Crippen molar-refractivity contribution in [3.8, 4) is 5.75 Å². The molecule has 0 radical (unpaired) electrons. The number of methoxy groups -OCH3 is 1. The maximum atomic E-state index is 12.8. The summed E-state index contributed by atoms with van der Waals surface area (Å²) in [4.78, 5) is 24.0. The van der Waals surface area contributed by atoms with Gasteiger partial charge >= 0.3 is 5.97 Å². The molecule has 1 atom stereocenters. The summed E-state index contributed by atoms with van der Waals surface area (Å²) in [6.07, 6.45) is 9.90. The number of rotatable bonds is 6. The van der Waals surface area contributed by atoms with Gasteiger partial charge in [0.25, 0.3) is 5.91 Å². The summed E-state index contributed by atoms with van der Waals surface area (Å²) >= 11 is 0. The summed E-state index contributed by atoms with van der Waals surface area (Å²) in [5, 5.41) is 2.95. The summed E-state index contributed by atoms with van der Waals surface area (Å²) in [5.41, 5.74) is 0.666. The zero-order chi connectivity index (χ0) is 20.0. The Morgan fingerprint density at radius 1 is 1.18 bits per heavy atom. The van der Waals surface area contributed by atoms with E-state index >= 15 is 0 Å². The van der Waals surface area contributed by atoms with Crippen molar-refractivity contribution in [2.45, 2.75) is 57.5 Å². The third kappa shape index (κ3) is 8.13. The lowest BCUT2D eigenvalue weighted by Crippen LogP contribution is -2.31. The lowest BCUT2D eigenvalue weighted by atomic mass is 10.1. The van der Waals surface area contributed by atoms with E-state index in [-0.39, 0.29) is 11.9 Å². The van der Waals surface area contributed by atoms with Gasteiger partial charge in [-0.15, -0.1) is 0 Å². The van der Waals surface area contributed by atoms with Crippen molar-refractivity contribution in [1.82, 2.24) is 0 Å². The average Bonchev–Trinajstić information content (AvgIpc) is 2.71. The van der Waals surface area contributed by atoms with Gasteiger partial charge in [0, 0.05) is 6.42 Å². The molecule has 1 amide bonds. The fraction of sp³-hybridized carbons (Fsp3) is 0.545. The fourth-order valence-corrected chi connectivity index (χ4v) is 2.98. The van der Waals surface area contributed by atoms with Crippen molar-refractivity contribution in [2.24, 2.45) is 0 Å². The van der Waals surface area contributed by atoms with Crippen LogP contribution >= 0.6 is 0 Å². The fourth-order valence-electron chi connectivity index (χ4n) is 2.98. The number of carbonyl (C=O) groups excluding carboxylic acids is 2. The Labute approximate surface area is 167 Å². The van der Waals surface area contributed by atoms with Crippen LogP contribution in [0.25, 0.3) is 0 Å². The Morgan fingerprint density at radius 2 is 2.04 bits per heavy atom. The minimum atomic E-state index is -0.543. The summed E-state index contributed by atoms with van der Waals surface area (Å²) in [7, 11) is 1.39. The highest BCUT2D eigenvalue weighted by molar-refractivity contribution is 5.95. The van der Waals surface area contributed by atoms with Crippen LogP contribution in [0.15, 0.2) is 36.4 Å². The Kier molecular flexibility index (Phi) is 10.1. The molecule has 2 rings (SSSR count). The van der Waals surface area contributed by atoms with E-state index in [0.717, 1.165) is 38.5 Å². The van der Waals surface area contributed by atoms with E-state index in [1.54, 1.807) is 0 Å². The minimum absolute atomic E-state index is 0.172. The Bertz CT molecular complexity index is 644. The van der Waals surface area contributed by atoms with Crippen LogP contribution in [-0.4, -0.2) is 38.3 Å². The number of esters is 1. The number of para-hydroxylation sites is 2. The third-order valence-corrected chi connectivity index (χ3v) is 4.60. The zero-order valence-electron chi connectivity index (χ0n) is 16.7. The van der Waals surface area contributed by atoms with Gasteiger partial charge in [0.2, 0.25) is 0 Å². The third-order valence-electron chi connectivity index (χ3n) is 4.60. The van der Waals surface area contributed by atoms with Gasteiger partial charge in [-0.25, -0.2) is 0 Å². The number of nitrogens with one attached hydrogen (secondary N) is 1. The van der Waals surface area contributed by atoms with E-state index in [2.05, 4.69) is 16.1 Å². The predicted molar refractivity (Wildman–Crippen MR) is 108 cm³/mol. The molecule has 0 saturated carbocycles. The lowest BCUT2D eigenvalue weighted by molar-refractivity contribution is -0.140. The van der Waals surface area contributed by atoms with Crippen molar-refractivity contribution in [3.63, 3.8) is 0 Å². The van der Waals surface area contributed by atoms with Crippen LogP contribution < -0.4 is 10.1 Å². The summed E-state index contributed by atoms with van der Waals surface area (Å²) in [6.45, 7) is 1.04. The molecule has 1 aromatic carbocycles. The first-order valence-electron chi connectivity index (χ1n) is 10.1. The molecule has 0 spiro atoms. The number of fused-ring (bicyclic) bond motifs is 1. The molecule has 1 unspecified atom stereocenters. The van der Waals surface area contributed by atoms with E-state index in [1.165, 1.54) is 7.11 Å². The molecule has 6 heteroatoms. The lowest BCUT2D eigenvalue weighted by Gasteiger charge is -2.19. The molecule has 0 aromatic heterocycles. The monoisotopic (exact) mass is 389 g/mol. The molecular formula is C22H31NO5. The molecule has 1 N–H and O–H groups in total. The van der Waals surface area contributed by atoms with Crippen LogP contribution in [0.2, 0.25) is 0 Å². The van der Waals surface area contributed by atoms with Crippen molar-refractivity contribution < 1.29 is 23.8 Å². The molecule has 1 aliphatic rings. The second kappa shape index (κ2) is 12.9. The van der Waals surface area contributed by atoms with E-state index in [4.69, 9.17) is 9.47 Å². The molecule has 1 heterocycles. The minimum Gasteiger partial charge on any atom is -0.491 e.